The maximum absolute atomic E-state index is 12.6. The molecule has 0 radical (unpaired) electrons. The molecule has 1 aromatic heterocycles. The minimum Gasteiger partial charge on any atom is -0.264 e. The fraction of sp³-hybridized carbons (Fsp3) is 0.118. The van der Waals surface area contributed by atoms with Crippen LogP contribution in [0.5, 0.6) is 0 Å². The van der Waals surface area contributed by atoms with Crippen LogP contribution in [0.4, 0.5) is 0 Å². The summed E-state index contributed by atoms with van der Waals surface area (Å²) in [5, 5.41) is 1.48. The molecular formula is C17H16N2O2S. The minimum atomic E-state index is -3.57. The van der Waals surface area contributed by atoms with Gasteiger partial charge in [0.2, 0.25) is 10.0 Å². The van der Waals surface area contributed by atoms with Gasteiger partial charge in [-0.05, 0) is 24.6 Å². The molecule has 0 unspecified atom stereocenters. The van der Waals surface area contributed by atoms with Crippen LogP contribution in [0.2, 0.25) is 0 Å². The van der Waals surface area contributed by atoms with E-state index in [0.29, 0.717) is 5.39 Å². The summed E-state index contributed by atoms with van der Waals surface area (Å²) in [5.41, 5.74) is 2.07. The average Bonchev–Trinajstić information content (AvgIpc) is 2.54. The van der Waals surface area contributed by atoms with Crippen molar-refractivity contribution in [3.63, 3.8) is 0 Å². The molecular weight excluding hydrogens is 296 g/mol. The highest BCUT2D eigenvalue weighted by Gasteiger charge is 2.16. The monoisotopic (exact) mass is 312 g/mol. The van der Waals surface area contributed by atoms with Gasteiger partial charge >= 0.3 is 0 Å². The second kappa shape index (κ2) is 5.87. The van der Waals surface area contributed by atoms with Crippen LogP contribution in [0.3, 0.4) is 0 Å². The minimum absolute atomic E-state index is 0.268. The molecule has 0 bridgehead atoms. The highest BCUT2D eigenvalue weighted by Crippen LogP contribution is 2.22. The van der Waals surface area contributed by atoms with Crippen molar-refractivity contribution in [3.8, 4) is 0 Å². The first kappa shape index (κ1) is 14.7. The zero-order chi connectivity index (χ0) is 15.6. The summed E-state index contributed by atoms with van der Waals surface area (Å²) in [7, 11) is -3.57. The Bertz CT molecular complexity index is 898. The first-order valence-corrected chi connectivity index (χ1v) is 8.42. The molecule has 3 rings (SSSR count). The molecule has 0 aliphatic carbocycles. The van der Waals surface area contributed by atoms with Crippen molar-refractivity contribution < 1.29 is 8.42 Å². The molecule has 112 valence electrons. The van der Waals surface area contributed by atoms with Crippen molar-refractivity contribution in [2.75, 3.05) is 0 Å². The van der Waals surface area contributed by atoms with Crippen molar-refractivity contribution in [1.29, 1.82) is 0 Å². The largest absolute Gasteiger partial charge is 0.264 e. The molecule has 0 aliphatic heterocycles. The van der Waals surface area contributed by atoms with E-state index in [1.165, 1.54) is 0 Å². The molecule has 0 amide bonds. The van der Waals surface area contributed by atoms with Gasteiger partial charge in [-0.3, -0.25) is 4.98 Å². The van der Waals surface area contributed by atoms with E-state index in [1.54, 1.807) is 30.6 Å². The van der Waals surface area contributed by atoms with Gasteiger partial charge in [-0.15, -0.1) is 0 Å². The van der Waals surface area contributed by atoms with Crippen LogP contribution >= 0.6 is 0 Å². The first-order chi connectivity index (χ1) is 10.6. The second-order valence-corrected chi connectivity index (χ2v) is 6.90. The van der Waals surface area contributed by atoms with Gasteiger partial charge < -0.3 is 0 Å². The Labute approximate surface area is 129 Å². The standard InChI is InChI=1S/C17H16N2O2S/c1-13-5-7-14(8-6-13)11-19-22(20,21)17-4-2-3-15-12-18-10-9-16(15)17/h2-10,12,19H,11H2,1H3. The van der Waals surface area contributed by atoms with Crippen LogP contribution in [0, 0.1) is 6.92 Å². The quantitative estimate of drug-likeness (QED) is 0.805. The molecule has 5 heteroatoms. The SMILES string of the molecule is Cc1ccc(CNS(=O)(=O)c2cccc3cnccc23)cc1. The summed E-state index contributed by atoms with van der Waals surface area (Å²) >= 11 is 0. The summed E-state index contributed by atoms with van der Waals surface area (Å²) in [5.74, 6) is 0. The maximum atomic E-state index is 12.6. The number of rotatable bonds is 4. The van der Waals surface area contributed by atoms with E-state index in [1.807, 2.05) is 37.3 Å². The number of fused-ring (bicyclic) bond motifs is 1. The van der Waals surface area contributed by atoms with Gasteiger partial charge in [-0.1, -0.05) is 42.0 Å². The van der Waals surface area contributed by atoms with Gasteiger partial charge in [0.05, 0.1) is 4.90 Å². The molecule has 1 heterocycles. The molecule has 0 atom stereocenters. The summed E-state index contributed by atoms with van der Waals surface area (Å²) in [6.45, 7) is 2.27. The van der Waals surface area contributed by atoms with Crippen LogP contribution in [0.1, 0.15) is 11.1 Å². The van der Waals surface area contributed by atoms with Gasteiger partial charge in [0.15, 0.2) is 0 Å². The Morgan fingerprint density at radius 1 is 1.05 bits per heavy atom. The fourth-order valence-corrected chi connectivity index (χ4v) is 3.53. The highest BCUT2D eigenvalue weighted by molar-refractivity contribution is 7.89. The van der Waals surface area contributed by atoms with Gasteiger partial charge in [-0.2, -0.15) is 0 Å². The lowest BCUT2D eigenvalue weighted by molar-refractivity contribution is 0.582. The Hall–Kier alpha value is -2.24. The number of hydrogen-bond acceptors (Lipinski definition) is 3. The smallest absolute Gasteiger partial charge is 0.241 e. The number of sulfonamides is 1. The van der Waals surface area contributed by atoms with Crippen molar-refractivity contribution in [1.82, 2.24) is 9.71 Å². The Balaban J connectivity index is 1.90. The Kier molecular flexibility index (Phi) is 3.92. The normalized spacial score (nSPS) is 11.7. The molecule has 22 heavy (non-hydrogen) atoms. The maximum Gasteiger partial charge on any atom is 0.241 e. The number of aryl methyl sites for hydroxylation is 1. The van der Waals surface area contributed by atoms with E-state index in [-0.39, 0.29) is 11.4 Å². The van der Waals surface area contributed by atoms with Gasteiger partial charge in [-0.25, -0.2) is 13.1 Å². The number of aromatic nitrogens is 1. The zero-order valence-corrected chi connectivity index (χ0v) is 13.0. The van der Waals surface area contributed by atoms with Gasteiger partial charge in [0.25, 0.3) is 0 Å². The molecule has 2 aromatic carbocycles. The van der Waals surface area contributed by atoms with Crippen molar-refractivity contribution in [2.24, 2.45) is 0 Å². The second-order valence-electron chi connectivity index (χ2n) is 5.16. The van der Waals surface area contributed by atoms with E-state index in [4.69, 9.17) is 0 Å². The number of benzene rings is 2. The van der Waals surface area contributed by atoms with Gasteiger partial charge in [0, 0.05) is 29.7 Å². The van der Waals surface area contributed by atoms with Gasteiger partial charge in [0.1, 0.15) is 0 Å². The molecule has 0 saturated heterocycles. The molecule has 0 fully saturated rings. The van der Waals surface area contributed by atoms with Crippen LogP contribution in [0.25, 0.3) is 10.8 Å². The predicted octanol–water partition coefficient (Wildman–Crippen LogP) is 3.02. The van der Waals surface area contributed by atoms with Crippen molar-refractivity contribution >= 4 is 20.8 Å². The van der Waals surface area contributed by atoms with Crippen LogP contribution in [-0.4, -0.2) is 13.4 Å². The summed E-state index contributed by atoms with van der Waals surface area (Å²) in [4.78, 5) is 4.30. The summed E-state index contributed by atoms with van der Waals surface area (Å²) in [6.07, 6.45) is 3.26. The summed E-state index contributed by atoms with van der Waals surface area (Å²) in [6, 6.07) is 14.7. The Morgan fingerprint density at radius 3 is 2.59 bits per heavy atom. The highest BCUT2D eigenvalue weighted by atomic mass is 32.2. The molecule has 1 N–H and O–H groups in total. The number of nitrogens with one attached hydrogen (secondary N) is 1. The zero-order valence-electron chi connectivity index (χ0n) is 12.2. The molecule has 0 saturated carbocycles. The topological polar surface area (TPSA) is 59.1 Å². The number of nitrogens with zero attached hydrogens (tertiary/aromatic N) is 1. The lowest BCUT2D eigenvalue weighted by Gasteiger charge is -2.09. The molecule has 4 nitrogen and oxygen atoms in total. The van der Waals surface area contributed by atoms with Crippen molar-refractivity contribution in [2.45, 2.75) is 18.4 Å². The number of pyridine rings is 1. The third kappa shape index (κ3) is 3.00. The van der Waals surface area contributed by atoms with E-state index in [0.717, 1.165) is 16.5 Å². The van der Waals surface area contributed by atoms with Crippen molar-refractivity contribution in [3.05, 3.63) is 72.1 Å². The van der Waals surface area contributed by atoms with E-state index >= 15 is 0 Å². The van der Waals surface area contributed by atoms with E-state index in [2.05, 4.69) is 9.71 Å². The van der Waals surface area contributed by atoms with E-state index < -0.39 is 10.0 Å². The Morgan fingerprint density at radius 2 is 1.82 bits per heavy atom. The fourth-order valence-electron chi connectivity index (χ4n) is 2.29. The van der Waals surface area contributed by atoms with Crippen LogP contribution < -0.4 is 4.72 Å². The van der Waals surface area contributed by atoms with Crippen LogP contribution in [0.15, 0.2) is 65.8 Å². The molecule has 3 aromatic rings. The molecule has 0 spiro atoms. The average molecular weight is 312 g/mol. The lowest BCUT2D eigenvalue weighted by atomic mass is 10.2. The third-order valence-corrected chi connectivity index (χ3v) is 4.98. The van der Waals surface area contributed by atoms with Crippen LogP contribution in [-0.2, 0) is 16.6 Å². The third-order valence-electron chi connectivity index (χ3n) is 3.52. The number of hydrogen-bond donors (Lipinski definition) is 1. The lowest BCUT2D eigenvalue weighted by Crippen LogP contribution is -2.23. The predicted molar refractivity (Wildman–Crippen MR) is 86.9 cm³/mol. The van der Waals surface area contributed by atoms with E-state index in [9.17, 15) is 8.42 Å². The first-order valence-electron chi connectivity index (χ1n) is 6.94. The molecule has 0 aliphatic rings. The summed E-state index contributed by atoms with van der Waals surface area (Å²) < 4.78 is 27.8.